The molecule has 0 amide bonds. The van der Waals surface area contributed by atoms with Gasteiger partial charge in [0.25, 0.3) is 0 Å². The molecule has 1 aromatic heterocycles. The summed E-state index contributed by atoms with van der Waals surface area (Å²) in [6, 6.07) is 6.17. The van der Waals surface area contributed by atoms with Crippen molar-refractivity contribution in [3.8, 4) is 0 Å². The standard InChI is InChI=1S/C12H15FN4O2/c1-18-7-6-14-8-11-16-17-12(19-11)15-10-4-2-9(13)3-5-10/h2-5,14H,6-8H2,1H3,(H,15,17). The van der Waals surface area contributed by atoms with E-state index in [0.29, 0.717) is 31.3 Å². The van der Waals surface area contributed by atoms with Gasteiger partial charge < -0.3 is 19.8 Å². The number of nitrogens with zero attached hydrogens (tertiary/aromatic N) is 2. The second-order valence-corrected chi connectivity index (χ2v) is 3.80. The number of halogens is 1. The molecule has 0 saturated carbocycles. The van der Waals surface area contributed by atoms with E-state index in [4.69, 9.17) is 9.15 Å². The average Bonchev–Trinajstić information content (AvgIpc) is 2.85. The molecule has 0 atom stereocenters. The van der Waals surface area contributed by atoms with Crippen LogP contribution < -0.4 is 10.6 Å². The fraction of sp³-hybridized carbons (Fsp3) is 0.333. The average molecular weight is 266 g/mol. The first-order chi connectivity index (χ1) is 9.28. The fourth-order valence-electron chi connectivity index (χ4n) is 1.40. The smallest absolute Gasteiger partial charge is 0.320 e. The summed E-state index contributed by atoms with van der Waals surface area (Å²) in [5.41, 5.74) is 0.684. The third-order valence-electron chi connectivity index (χ3n) is 2.32. The van der Waals surface area contributed by atoms with Gasteiger partial charge in [0.15, 0.2) is 0 Å². The summed E-state index contributed by atoms with van der Waals surface area (Å²) in [6.45, 7) is 1.80. The zero-order valence-electron chi connectivity index (χ0n) is 10.5. The highest BCUT2D eigenvalue weighted by molar-refractivity contribution is 5.51. The lowest BCUT2D eigenvalue weighted by atomic mass is 10.3. The summed E-state index contributed by atoms with van der Waals surface area (Å²) in [5.74, 6) is 0.180. The van der Waals surface area contributed by atoms with Gasteiger partial charge in [-0.15, -0.1) is 5.10 Å². The maximum absolute atomic E-state index is 12.7. The number of rotatable bonds is 7. The molecule has 0 aliphatic heterocycles. The van der Waals surface area contributed by atoms with Crippen LogP contribution in [0, 0.1) is 5.82 Å². The minimum absolute atomic E-state index is 0.273. The zero-order chi connectivity index (χ0) is 13.5. The van der Waals surface area contributed by atoms with Gasteiger partial charge in [-0.2, -0.15) is 0 Å². The maximum Gasteiger partial charge on any atom is 0.320 e. The van der Waals surface area contributed by atoms with Crippen LogP contribution in [0.3, 0.4) is 0 Å². The predicted octanol–water partition coefficient (Wildman–Crippen LogP) is 1.69. The van der Waals surface area contributed by atoms with Crippen LogP contribution in [0.4, 0.5) is 16.1 Å². The van der Waals surface area contributed by atoms with Crippen molar-refractivity contribution in [2.24, 2.45) is 0 Å². The van der Waals surface area contributed by atoms with Crippen molar-refractivity contribution in [1.82, 2.24) is 15.5 Å². The fourth-order valence-corrected chi connectivity index (χ4v) is 1.40. The lowest BCUT2D eigenvalue weighted by Crippen LogP contribution is -2.18. The van der Waals surface area contributed by atoms with Crippen LogP contribution in [0.25, 0.3) is 0 Å². The van der Waals surface area contributed by atoms with E-state index in [9.17, 15) is 4.39 Å². The van der Waals surface area contributed by atoms with Crippen LogP contribution in [-0.4, -0.2) is 30.5 Å². The van der Waals surface area contributed by atoms with E-state index in [-0.39, 0.29) is 11.8 Å². The van der Waals surface area contributed by atoms with Gasteiger partial charge in [-0.25, -0.2) is 4.39 Å². The summed E-state index contributed by atoms with van der Waals surface area (Å²) in [4.78, 5) is 0. The Morgan fingerprint density at radius 1 is 1.26 bits per heavy atom. The number of ether oxygens (including phenoxy) is 1. The van der Waals surface area contributed by atoms with Crippen molar-refractivity contribution in [3.05, 3.63) is 36.0 Å². The summed E-state index contributed by atoms with van der Waals surface area (Å²) in [5, 5.41) is 13.7. The number of aromatic nitrogens is 2. The normalized spacial score (nSPS) is 10.6. The molecule has 6 nitrogen and oxygen atoms in total. The van der Waals surface area contributed by atoms with Crippen molar-refractivity contribution in [2.45, 2.75) is 6.54 Å². The zero-order valence-corrected chi connectivity index (χ0v) is 10.5. The Kier molecular flexibility index (Phi) is 4.82. The first-order valence-corrected chi connectivity index (χ1v) is 5.82. The topological polar surface area (TPSA) is 72.2 Å². The largest absolute Gasteiger partial charge is 0.406 e. The highest BCUT2D eigenvalue weighted by Crippen LogP contribution is 2.15. The molecular weight excluding hydrogens is 251 g/mol. The molecule has 0 fully saturated rings. The number of anilines is 2. The number of hydrogen-bond donors (Lipinski definition) is 2. The highest BCUT2D eigenvalue weighted by Gasteiger charge is 2.05. The van der Waals surface area contributed by atoms with E-state index >= 15 is 0 Å². The Balaban J connectivity index is 1.85. The van der Waals surface area contributed by atoms with E-state index in [1.807, 2.05) is 0 Å². The monoisotopic (exact) mass is 266 g/mol. The van der Waals surface area contributed by atoms with Gasteiger partial charge in [0.1, 0.15) is 5.82 Å². The third kappa shape index (κ3) is 4.31. The Bertz CT molecular complexity index is 501. The number of methoxy groups -OCH3 is 1. The second kappa shape index (κ2) is 6.81. The van der Waals surface area contributed by atoms with Crippen molar-refractivity contribution < 1.29 is 13.5 Å². The van der Waals surface area contributed by atoms with Gasteiger partial charge in [-0.05, 0) is 24.3 Å². The highest BCUT2D eigenvalue weighted by atomic mass is 19.1. The number of hydrogen-bond acceptors (Lipinski definition) is 6. The summed E-state index contributed by atoms with van der Waals surface area (Å²) in [6.07, 6.45) is 0. The summed E-state index contributed by atoms with van der Waals surface area (Å²) >= 11 is 0. The quantitative estimate of drug-likeness (QED) is 0.743. The maximum atomic E-state index is 12.7. The molecule has 0 aliphatic rings. The molecule has 1 aromatic carbocycles. The van der Waals surface area contributed by atoms with Gasteiger partial charge in [0.2, 0.25) is 5.89 Å². The van der Waals surface area contributed by atoms with Crippen molar-refractivity contribution in [2.75, 3.05) is 25.6 Å². The molecule has 1 heterocycles. The predicted molar refractivity (Wildman–Crippen MR) is 67.6 cm³/mol. The van der Waals surface area contributed by atoms with Crippen LogP contribution in [-0.2, 0) is 11.3 Å². The van der Waals surface area contributed by atoms with Crippen LogP contribution in [0.15, 0.2) is 28.7 Å². The first kappa shape index (κ1) is 13.4. The van der Waals surface area contributed by atoms with Crippen LogP contribution in [0.5, 0.6) is 0 Å². The van der Waals surface area contributed by atoms with Crippen LogP contribution in [0.2, 0.25) is 0 Å². The molecule has 0 radical (unpaired) electrons. The third-order valence-corrected chi connectivity index (χ3v) is 2.32. The minimum Gasteiger partial charge on any atom is -0.406 e. The van der Waals surface area contributed by atoms with Crippen molar-refractivity contribution in [1.29, 1.82) is 0 Å². The first-order valence-electron chi connectivity index (χ1n) is 5.82. The van der Waals surface area contributed by atoms with E-state index < -0.39 is 0 Å². The van der Waals surface area contributed by atoms with Crippen LogP contribution >= 0.6 is 0 Å². The Morgan fingerprint density at radius 3 is 2.79 bits per heavy atom. The summed E-state index contributed by atoms with van der Waals surface area (Å²) < 4.78 is 23.0. The van der Waals surface area contributed by atoms with Crippen LogP contribution in [0.1, 0.15) is 5.89 Å². The molecule has 7 heteroatoms. The molecule has 0 saturated heterocycles. The van der Waals surface area contributed by atoms with E-state index in [1.54, 1.807) is 19.2 Å². The minimum atomic E-state index is -0.292. The van der Waals surface area contributed by atoms with Gasteiger partial charge in [0, 0.05) is 19.3 Å². The summed E-state index contributed by atoms with van der Waals surface area (Å²) in [7, 11) is 1.64. The van der Waals surface area contributed by atoms with Gasteiger partial charge >= 0.3 is 6.01 Å². The Morgan fingerprint density at radius 2 is 2.05 bits per heavy atom. The van der Waals surface area contributed by atoms with Gasteiger partial charge in [-0.1, -0.05) is 5.10 Å². The lowest BCUT2D eigenvalue weighted by molar-refractivity contribution is 0.198. The molecule has 2 aromatic rings. The molecule has 102 valence electrons. The molecule has 0 bridgehead atoms. The Hall–Kier alpha value is -1.99. The SMILES string of the molecule is COCCNCc1nnc(Nc2ccc(F)cc2)o1. The molecule has 0 unspecified atom stereocenters. The van der Waals surface area contributed by atoms with Crippen molar-refractivity contribution >= 4 is 11.7 Å². The molecule has 2 N–H and O–H groups in total. The van der Waals surface area contributed by atoms with E-state index in [0.717, 1.165) is 0 Å². The van der Waals surface area contributed by atoms with E-state index in [1.165, 1.54) is 12.1 Å². The molecule has 0 aliphatic carbocycles. The lowest BCUT2D eigenvalue weighted by Gasteiger charge is -2.00. The Labute approximate surface area is 110 Å². The molecule has 19 heavy (non-hydrogen) atoms. The van der Waals surface area contributed by atoms with Gasteiger partial charge in [-0.3, -0.25) is 0 Å². The number of nitrogens with one attached hydrogen (secondary N) is 2. The number of benzene rings is 1. The van der Waals surface area contributed by atoms with Gasteiger partial charge in [0.05, 0.1) is 13.2 Å². The molecule has 2 rings (SSSR count). The van der Waals surface area contributed by atoms with E-state index in [2.05, 4.69) is 20.8 Å². The molecule has 0 spiro atoms. The second-order valence-electron chi connectivity index (χ2n) is 3.80. The van der Waals surface area contributed by atoms with Crippen molar-refractivity contribution in [3.63, 3.8) is 0 Å². The molecular formula is C12H15FN4O2.